The van der Waals surface area contributed by atoms with Gasteiger partial charge in [-0.3, -0.25) is 19.5 Å². The number of para-hydroxylation sites is 2. The van der Waals surface area contributed by atoms with Gasteiger partial charge in [0.05, 0.1) is 30.9 Å². The number of benzene rings is 2. The highest BCUT2D eigenvalue weighted by Crippen LogP contribution is 2.38. The van der Waals surface area contributed by atoms with Crippen molar-refractivity contribution in [1.29, 1.82) is 0 Å². The minimum absolute atomic E-state index is 0.0122. The zero-order chi connectivity index (χ0) is 37.2. The van der Waals surface area contributed by atoms with Gasteiger partial charge in [-0.15, -0.1) is 0 Å². The first-order valence-electron chi connectivity index (χ1n) is 16.5. The number of hydrogen-bond acceptors (Lipinski definition) is 9. The molecule has 2 atom stereocenters. The second-order valence-corrected chi connectivity index (χ2v) is 14.3. The van der Waals surface area contributed by atoms with E-state index in [1.165, 1.54) is 20.9 Å². The number of carbonyl (C=O) groups is 5. The minimum atomic E-state index is -1.45. The number of nitrogens with zero attached hydrogens (tertiary/aromatic N) is 5. The van der Waals surface area contributed by atoms with Crippen LogP contribution in [0.3, 0.4) is 0 Å². The molecule has 0 unspecified atom stereocenters. The zero-order valence-electron chi connectivity index (χ0n) is 29.8. The molecule has 2 aliphatic heterocycles. The zero-order valence-corrected chi connectivity index (χ0v) is 29.8. The number of aliphatic carboxylic acids is 1. The number of imide groups is 1. The lowest BCUT2D eigenvalue weighted by atomic mass is 9.82. The Morgan fingerprint density at radius 3 is 2.06 bits per heavy atom. The second-order valence-electron chi connectivity index (χ2n) is 14.3. The SMILES string of the molecule is COc1ccc(CN(C(=O)OC(C)(C)C)c2cc(C[C@H]3C(=O)N(C(=O)N4CCN(C(=O)OC(C)(C)C)c5ccccc54)[C@@H]3C(=O)O)ccn2)cc1. The predicted molar refractivity (Wildman–Crippen MR) is 188 cm³/mol. The van der Waals surface area contributed by atoms with Crippen LogP contribution in [0.2, 0.25) is 0 Å². The molecular formula is C37H43N5O9. The molecule has 14 heteroatoms. The number of amides is 5. The third-order valence-electron chi connectivity index (χ3n) is 8.18. The molecule has 1 saturated heterocycles. The molecule has 0 bridgehead atoms. The lowest BCUT2D eigenvalue weighted by molar-refractivity contribution is -0.165. The highest BCUT2D eigenvalue weighted by atomic mass is 16.6. The molecule has 51 heavy (non-hydrogen) atoms. The van der Waals surface area contributed by atoms with Gasteiger partial charge in [0, 0.05) is 19.3 Å². The second kappa shape index (κ2) is 14.3. The molecule has 1 N–H and O–H groups in total. The summed E-state index contributed by atoms with van der Waals surface area (Å²) >= 11 is 0. The number of methoxy groups -OCH3 is 1. The topological polar surface area (TPSA) is 159 Å². The number of carboxylic acid groups (broad SMARTS) is 1. The maximum atomic E-state index is 13.9. The molecule has 1 aromatic heterocycles. The van der Waals surface area contributed by atoms with Crippen molar-refractivity contribution in [2.75, 3.05) is 34.9 Å². The van der Waals surface area contributed by atoms with Gasteiger partial charge in [-0.2, -0.15) is 0 Å². The quantitative estimate of drug-likeness (QED) is 0.296. The number of carbonyl (C=O) groups excluding carboxylic acids is 4. The minimum Gasteiger partial charge on any atom is -0.497 e. The van der Waals surface area contributed by atoms with Crippen LogP contribution >= 0.6 is 0 Å². The molecule has 0 aliphatic carbocycles. The molecule has 5 amide bonds. The van der Waals surface area contributed by atoms with Gasteiger partial charge in [0.2, 0.25) is 5.91 Å². The summed E-state index contributed by atoms with van der Waals surface area (Å²) in [5.41, 5.74) is 0.521. The fraction of sp³-hybridized carbons (Fsp3) is 0.405. The summed E-state index contributed by atoms with van der Waals surface area (Å²) in [6.07, 6.45) is 0.216. The molecule has 2 aliphatic rings. The van der Waals surface area contributed by atoms with Crippen molar-refractivity contribution in [3.05, 3.63) is 78.0 Å². The Balaban J connectivity index is 1.36. The average molecular weight is 702 g/mol. The van der Waals surface area contributed by atoms with Crippen LogP contribution in [0.5, 0.6) is 5.75 Å². The number of fused-ring (bicyclic) bond motifs is 1. The molecule has 0 radical (unpaired) electrons. The highest BCUT2D eigenvalue weighted by Gasteiger charge is 2.56. The summed E-state index contributed by atoms with van der Waals surface area (Å²) in [5, 5.41) is 10.2. The molecule has 2 aromatic carbocycles. The molecule has 0 saturated carbocycles. The van der Waals surface area contributed by atoms with Crippen molar-refractivity contribution < 1.29 is 43.3 Å². The van der Waals surface area contributed by atoms with Crippen molar-refractivity contribution in [1.82, 2.24) is 9.88 Å². The number of likely N-dealkylation sites (tertiary alicyclic amines) is 1. The van der Waals surface area contributed by atoms with Gasteiger partial charge < -0.3 is 19.3 Å². The lowest BCUT2D eigenvalue weighted by Gasteiger charge is -2.46. The summed E-state index contributed by atoms with van der Waals surface area (Å²) in [4.78, 5) is 75.6. The predicted octanol–water partition coefficient (Wildman–Crippen LogP) is 5.87. The van der Waals surface area contributed by atoms with E-state index in [1.54, 1.807) is 97.2 Å². The maximum absolute atomic E-state index is 13.9. The molecule has 14 nitrogen and oxygen atoms in total. The van der Waals surface area contributed by atoms with E-state index in [2.05, 4.69) is 4.98 Å². The maximum Gasteiger partial charge on any atom is 0.416 e. The number of urea groups is 1. The average Bonchev–Trinajstić information content (AvgIpc) is 3.06. The standard InChI is InChI=1S/C37H43N5O9/c1-36(2,3)50-34(47)40-19-18-39(27-10-8-9-11-28(27)40)33(46)42-30(32(44)45)26(31(42)43)20-24-16-17-38-29(21-24)41(35(48)51-37(4,5)6)22-23-12-14-25(49-7)15-13-23/h8-17,21,26,30H,18-20,22H2,1-7H3,(H,44,45)/t26-,30+/m1/s1. The Kier molecular flexibility index (Phi) is 10.3. The van der Waals surface area contributed by atoms with E-state index in [-0.39, 0.29) is 31.9 Å². The summed E-state index contributed by atoms with van der Waals surface area (Å²) in [6, 6.07) is 14.8. The number of β-lactam (4-membered cyclic amide) rings is 1. The molecular weight excluding hydrogens is 658 g/mol. The fourth-order valence-electron chi connectivity index (χ4n) is 5.90. The van der Waals surface area contributed by atoms with E-state index in [9.17, 15) is 29.1 Å². The van der Waals surface area contributed by atoms with Crippen molar-refractivity contribution >= 4 is 47.3 Å². The van der Waals surface area contributed by atoms with Gasteiger partial charge in [0.1, 0.15) is 22.8 Å². The number of carboxylic acids is 1. The number of anilines is 3. The smallest absolute Gasteiger partial charge is 0.416 e. The largest absolute Gasteiger partial charge is 0.497 e. The van der Waals surface area contributed by atoms with Crippen molar-refractivity contribution in [3.63, 3.8) is 0 Å². The van der Waals surface area contributed by atoms with Crippen LogP contribution in [0.25, 0.3) is 0 Å². The van der Waals surface area contributed by atoms with Crippen LogP contribution in [0.1, 0.15) is 52.7 Å². The summed E-state index contributed by atoms with van der Waals surface area (Å²) in [5.74, 6) is -2.15. The van der Waals surface area contributed by atoms with E-state index in [0.717, 1.165) is 10.5 Å². The Morgan fingerprint density at radius 2 is 1.47 bits per heavy atom. The molecule has 1 fully saturated rings. The van der Waals surface area contributed by atoms with E-state index < -0.39 is 53.3 Å². The molecule has 270 valence electrons. The van der Waals surface area contributed by atoms with E-state index in [0.29, 0.717) is 22.7 Å². The Labute approximate surface area is 296 Å². The number of rotatable bonds is 7. The van der Waals surface area contributed by atoms with Gasteiger partial charge in [0.15, 0.2) is 6.04 Å². The number of aromatic nitrogens is 1. The molecule has 3 heterocycles. The van der Waals surface area contributed by atoms with E-state index >= 15 is 0 Å². The normalized spacial score (nSPS) is 17.2. The molecule has 3 aromatic rings. The monoisotopic (exact) mass is 701 g/mol. The van der Waals surface area contributed by atoms with Gasteiger partial charge in [-0.05, 0) is 95.5 Å². The number of pyridine rings is 1. The first kappa shape index (κ1) is 36.6. The van der Waals surface area contributed by atoms with Crippen LogP contribution in [0.4, 0.5) is 31.6 Å². The van der Waals surface area contributed by atoms with Gasteiger partial charge in [-0.1, -0.05) is 24.3 Å². The van der Waals surface area contributed by atoms with Gasteiger partial charge >= 0.3 is 24.2 Å². The fourth-order valence-corrected chi connectivity index (χ4v) is 5.90. The molecule has 0 spiro atoms. The Morgan fingerprint density at radius 1 is 0.863 bits per heavy atom. The number of ether oxygens (including phenoxy) is 3. The lowest BCUT2D eigenvalue weighted by Crippen LogP contribution is -2.69. The van der Waals surface area contributed by atoms with E-state index in [1.807, 2.05) is 12.1 Å². The first-order chi connectivity index (χ1) is 24.0. The Bertz CT molecular complexity index is 1820. The van der Waals surface area contributed by atoms with Gasteiger partial charge in [-0.25, -0.2) is 29.1 Å². The first-order valence-corrected chi connectivity index (χ1v) is 16.5. The Hall–Kier alpha value is -5.66. The van der Waals surface area contributed by atoms with E-state index in [4.69, 9.17) is 14.2 Å². The van der Waals surface area contributed by atoms with Crippen LogP contribution in [0, 0.1) is 5.92 Å². The summed E-state index contributed by atoms with van der Waals surface area (Å²) in [6.45, 7) is 10.7. The number of hydrogen-bond donors (Lipinski definition) is 1. The van der Waals surface area contributed by atoms with Crippen molar-refractivity contribution in [2.24, 2.45) is 5.92 Å². The van der Waals surface area contributed by atoms with Crippen LogP contribution in [0.15, 0.2) is 66.9 Å². The van der Waals surface area contributed by atoms with Crippen molar-refractivity contribution in [3.8, 4) is 5.75 Å². The summed E-state index contributed by atoms with van der Waals surface area (Å²) < 4.78 is 16.5. The van der Waals surface area contributed by atoms with Crippen LogP contribution in [-0.2, 0) is 32.0 Å². The third-order valence-corrected chi connectivity index (χ3v) is 8.18. The molecule has 5 rings (SSSR count). The van der Waals surface area contributed by atoms with Crippen LogP contribution < -0.4 is 19.4 Å². The van der Waals surface area contributed by atoms with Crippen molar-refractivity contribution in [2.45, 2.75) is 71.8 Å². The van der Waals surface area contributed by atoms with Gasteiger partial charge in [0.25, 0.3) is 0 Å². The highest BCUT2D eigenvalue weighted by molar-refractivity contribution is 6.13. The van der Waals surface area contributed by atoms with Crippen LogP contribution in [-0.4, -0.2) is 82.5 Å². The summed E-state index contributed by atoms with van der Waals surface area (Å²) in [7, 11) is 1.56. The third kappa shape index (κ3) is 8.22.